The number of methoxy groups -OCH3 is 2. The second-order valence-electron chi connectivity index (χ2n) is 20.2. The van der Waals surface area contributed by atoms with Crippen molar-refractivity contribution in [2.75, 3.05) is 27.3 Å². The highest BCUT2D eigenvalue weighted by atomic mass is 19.4. The molecule has 5 heterocycles. The van der Waals surface area contributed by atoms with Crippen molar-refractivity contribution < 1.29 is 80.3 Å². The molecule has 0 saturated carbocycles. The van der Waals surface area contributed by atoms with Crippen LogP contribution < -0.4 is 9.47 Å². The molecule has 0 aliphatic carbocycles. The molecule has 0 radical (unpaired) electrons. The molecule has 1 unspecified atom stereocenters. The number of hydrogen-bond donors (Lipinski definition) is 1. The number of carbonyl (C=O) groups is 7. The summed E-state index contributed by atoms with van der Waals surface area (Å²) in [6.07, 6.45) is -6.06. The number of esters is 2. The average Bonchev–Trinajstić information content (AvgIpc) is 3.90. The number of aryl methyl sites for hydroxylation is 2. The van der Waals surface area contributed by atoms with E-state index in [1.807, 2.05) is 48.5 Å². The number of aromatic hydroxyl groups is 1. The lowest BCUT2D eigenvalue weighted by atomic mass is 9.86. The van der Waals surface area contributed by atoms with E-state index in [2.05, 4.69) is 14.7 Å². The monoisotopic (exact) mass is 1040 g/mol. The van der Waals surface area contributed by atoms with Crippen molar-refractivity contribution >= 4 is 63.3 Å². The van der Waals surface area contributed by atoms with Crippen LogP contribution in [-0.2, 0) is 46.1 Å². The standard InChI is InChI=1S/C30H32N2O7.C13H10F3NO2.C11H17NO5/c1-18-26-25(21-13-20(11-12-22(21)31-18)37-16-19-9-7-6-8-10-19)24(33)15-30(38-26)14-23(27(34)36-5)32(17-30)28(35)39-29(2,3)4;1-6-3-4-9-8(5-6)10(7(2)18)11(19)12(17-9)13(14,15)16;1-11(2,3)17-10(15)12-6-7(13)5-8(12)9(14)16-4/h6-13,23H,14-17H2,1-5H3;3-5,19H,1-2H3;8H,5-6H2,1-4H3/t23-,30?;;8-/m0.0/s1. The average molecular weight is 1050 g/mol. The molecule has 75 heavy (non-hydrogen) atoms. The van der Waals surface area contributed by atoms with Crippen molar-refractivity contribution in [2.24, 2.45) is 0 Å². The van der Waals surface area contributed by atoms with Crippen LogP contribution in [0.1, 0.15) is 111 Å². The van der Waals surface area contributed by atoms with Gasteiger partial charge in [-0.2, -0.15) is 13.2 Å². The van der Waals surface area contributed by atoms with Gasteiger partial charge in [0.1, 0.15) is 41.2 Å². The number of aromatic nitrogens is 2. The molecule has 1 N–H and O–H groups in total. The van der Waals surface area contributed by atoms with Gasteiger partial charge in [0, 0.05) is 23.6 Å². The predicted octanol–water partition coefficient (Wildman–Crippen LogP) is 9.22. The molecule has 3 aliphatic rings. The zero-order chi connectivity index (χ0) is 55.5. The van der Waals surface area contributed by atoms with E-state index in [1.165, 1.54) is 31.3 Å². The van der Waals surface area contributed by atoms with E-state index in [0.29, 0.717) is 40.3 Å². The molecule has 1 spiro atoms. The zero-order valence-corrected chi connectivity index (χ0v) is 43.4. The molecule has 400 valence electrons. The van der Waals surface area contributed by atoms with E-state index in [9.17, 15) is 51.8 Å². The van der Waals surface area contributed by atoms with Gasteiger partial charge in [0.05, 0.1) is 61.6 Å². The van der Waals surface area contributed by atoms with Crippen LogP contribution in [0.15, 0.2) is 66.7 Å². The normalized spacial score (nSPS) is 18.3. The van der Waals surface area contributed by atoms with Gasteiger partial charge in [0.2, 0.25) is 0 Å². The van der Waals surface area contributed by atoms with Gasteiger partial charge in [-0.25, -0.2) is 29.1 Å². The first-order valence-electron chi connectivity index (χ1n) is 23.7. The Hall–Kier alpha value is -7.84. The number of Topliss-reactive ketones (excluding diaryl/α,β-unsaturated/α-hetero) is 3. The number of ketones is 3. The van der Waals surface area contributed by atoms with Gasteiger partial charge in [-0.15, -0.1) is 0 Å². The molecule has 0 bridgehead atoms. The molecular formula is C54H59F3N4O14. The Morgan fingerprint density at radius 2 is 1.37 bits per heavy atom. The minimum atomic E-state index is -4.81. The van der Waals surface area contributed by atoms with Gasteiger partial charge in [-0.1, -0.05) is 42.0 Å². The fourth-order valence-corrected chi connectivity index (χ4v) is 8.69. The highest BCUT2D eigenvalue weighted by Gasteiger charge is 2.55. The largest absolute Gasteiger partial charge is 0.505 e. The minimum absolute atomic E-state index is 0.00453. The Bertz CT molecular complexity index is 3060. The number of pyridine rings is 2. The number of ether oxygens (including phenoxy) is 6. The summed E-state index contributed by atoms with van der Waals surface area (Å²) >= 11 is 0. The SMILES string of the molecule is CC(=O)c1c(O)c(C(F)(F)F)nc2ccc(C)cc12.COC(=O)[C@@H]1CC(=O)CN1C(=O)OC(C)(C)C.COC(=O)[C@@H]1CC2(CC(=O)c3c(c(C)nc4ccc(OCc5ccccc5)cc34)O2)CN1C(=O)OC(C)(C)C. The smallest absolute Gasteiger partial charge is 0.437 e. The van der Waals surface area contributed by atoms with Crippen LogP contribution in [0.3, 0.4) is 0 Å². The maximum absolute atomic E-state index is 13.8. The Morgan fingerprint density at radius 1 is 0.787 bits per heavy atom. The second kappa shape index (κ2) is 21.9. The molecule has 2 fully saturated rings. The van der Waals surface area contributed by atoms with Crippen molar-refractivity contribution in [3.63, 3.8) is 0 Å². The molecule has 2 aromatic heterocycles. The van der Waals surface area contributed by atoms with Crippen molar-refractivity contribution in [3.05, 3.63) is 100 Å². The fraction of sp³-hybridized carbons (Fsp3) is 0.426. The quantitative estimate of drug-likeness (QED) is 0.0949. The molecule has 5 aromatic rings. The van der Waals surface area contributed by atoms with Crippen LogP contribution >= 0.6 is 0 Å². The third-order valence-corrected chi connectivity index (χ3v) is 11.9. The van der Waals surface area contributed by atoms with Crippen LogP contribution in [-0.4, -0.2) is 123 Å². The number of carbonyl (C=O) groups excluding carboxylic acids is 7. The number of benzene rings is 3. The lowest BCUT2D eigenvalue weighted by Gasteiger charge is -2.35. The van der Waals surface area contributed by atoms with Gasteiger partial charge in [0.15, 0.2) is 34.5 Å². The van der Waals surface area contributed by atoms with Crippen LogP contribution in [0.25, 0.3) is 21.8 Å². The summed E-state index contributed by atoms with van der Waals surface area (Å²) in [5.41, 5.74) is -0.869. The minimum Gasteiger partial charge on any atom is -0.505 e. The third-order valence-electron chi connectivity index (χ3n) is 11.9. The van der Waals surface area contributed by atoms with Crippen molar-refractivity contribution in [2.45, 2.75) is 123 Å². The molecule has 2 saturated heterocycles. The van der Waals surface area contributed by atoms with Gasteiger partial charge in [0.25, 0.3) is 0 Å². The second-order valence-corrected chi connectivity index (χ2v) is 20.2. The van der Waals surface area contributed by atoms with E-state index >= 15 is 0 Å². The molecule has 18 nitrogen and oxygen atoms in total. The summed E-state index contributed by atoms with van der Waals surface area (Å²) in [5.74, 6) is -2.30. The molecular weight excluding hydrogens is 986 g/mol. The summed E-state index contributed by atoms with van der Waals surface area (Å²) < 4.78 is 71.0. The topological polar surface area (TPSA) is 227 Å². The number of rotatable bonds is 6. The molecule has 2 amide bonds. The Kier molecular flexibility index (Phi) is 16.5. The summed E-state index contributed by atoms with van der Waals surface area (Å²) in [6.45, 7) is 15.3. The predicted molar refractivity (Wildman–Crippen MR) is 264 cm³/mol. The number of nitrogens with zero attached hydrogens (tertiary/aromatic N) is 4. The van der Waals surface area contributed by atoms with Gasteiger partial charge in [-0.05, 0) is 98.2 Å². The van der Waals surface area contributed by atoms with Crippen molar-refractivity contribution in [3.8, 4) is 17.2 Å². The van der Waals surface area contributed by atoms with Crippen LogP contribution in [0.2, 0.25) is 0 Å². The van der Waals surface area contributed by atoms with Crippen LogP contribution in [0.5, 0.6) is 17.2 Å². The number of alkyl halides is 3. The van der Waals surface area contributed by atoms with Crippen molar-refractivity contribution in [1.29, 1.82) is 0 Å². The van der Waals surface area contributed by atoms with Gasteiger partial charge in [-0.3, -0.25) is 24.2 Å². The number of halogens is 3. The summed E-state index contributed by atoms with van der Waals surface area (Å²) in [5, 5.41) is 10.5. The number of hydrogen-bond acceptors (Lipinski definition) is 16. The van der Waals surface area contributed by atoms with Gasteiger partial charge < -0.3 is 33.5 Å². The maximum atomic E-state index is 13.8. The Morgan fingerprint density at radius 3 is 1.96 bits per heavy atom. The number of fused-ring (bicyclic) bond motifs is 4. The van der Waals surface area contributed by atoms with Crippen LogP contribution in [0.4, 0.5) is 22.8 Å². The fourth-order valence-electron chi connectivity index (χ4n) is 8.69. The molecule has 21 heteroatoms. The summed E-state index contributed by atoms with van der Waals surface area (Å²) in [7, 11) is 2.48. The number of likely N-dealkylation sites (tertiary alicyclic amines) is 2. The number of amides is 2. The molecule has 3 aromatic carbocycles. The van der Waals surface area contributed by atoms with Gasteiger partial charge >= 0.3 is 30.3 Å². The first kappa shape index (κ1) is 56.5. The molecule has 3 atom stereocenters. The lowest BCUT2D eigenvalue weighted by Crippen LogP contribution is -2.47. The van der Waals surface area contributed by atoms with E-state index in [4.69, 9.17) is 23.7 Å². The molecule has 3 aliphatic heterocycles. The highest BCUT2D eigenvalue weighted by Crippen LogP contribution is 2.45. The van der Waals surface area contributed by atoms with E-state index in [0.717, 1.165) is 23.0 Å². The van der Waals surface area contributed by atoms with Crippen molar-refractivity contribution in [1.82, 2.24) is 19.8 Å². The first-order valence-corrected chi connectivity index (χ1v) is 23.7. The lowest BCUT2D eigenvalue weighted by molar-refractivity contribution is -0.146. The Labute approximate surface area is 430 Å². The van der Waals surface area contributed by atoms with E-state index < -0.39 is 76.4 Å². The highest BCUT2D eigenvalue weighted by molar-refractivity contribution is 6.12. The van der Waals surface area contributed by atoms with E-state index in [1.54, 1.807) is 61.5 Å². The Balaban J connectivity index is 0.000000211. The van der Waals surface area contributed by atoms with Crippen LogP contribution in [0, 0.1) is 13.8 Å². The summed E-state index contributed by atoms with van der Waals surface area (Å²) in [6, 6.07) is 18.0. The molecule has 8 rings (SSSR count). The first-order chi connectivity index (χ1) is 34.9. The maximum Gasteiger partial charge on any atom is 0.437 e. The van der Waals surface area contributed by atoms with E-state index in [-0.39, 0.29) is 60.4 Å². The summed E-state index contributed by atoms with van der Waals surface area (Å²) in [4.78, 5) is 95.9. The zero-order valence-electron chi connectivity index (χ0n) is 43.4. The third kappa shape index (κ3) is 13.3.